The maximum atomic E-state index is 11.7. The lowest BCUT2D eigenvalue weighted by atomic mass is 9.84. The summed E-state index contributed by atoms with van der Waals surface area (Å²) in [7, 11) is 0. The monoisotopic (exact) mass is 194 g/mol. The first-order valence-corrected chi connectivity index (χ1v) is 6.17. The van der Waals surface area contributed by atoms with E-state index in [1.165, 1.54) is 25.7 Å². The summed E-state index contributed by atoms with van der Waals surface area (Å²) in [5, 5.41) is 0. The van der Waals surface area contributed by atoms with Crippen molar-refractivity contribution in [3.05, 3.63) is 0 Å². The van der Waals surface area contributed by atoms with Gasteiger partial charge >= 0.3 is 0 Å². The van der Waals surface area contributed by atoms with Gasteiger partial charge in [0.2, 0.25) is 0 Å². The molecular formula is C13H22O. The zero-order valence-corrected chi connectivity index (χ0v) is 9.46. The molecule has 2 rings (SSSR count). The Hall–Kier alpha value is -0.330. The van der Waals surface area contributed by atoms with Crippen molar-refractivity contribution in [1.29, 1.82) is 0 Å². The predicted octanol–water partition coefficient (Wildman–Crippen LogP) is 3.43. The third-order valence-electron chi connectivity index (χ3n) is 4.01. The van der Waals surface area contributed by atoms with Crippen LogP contribution in [0, 0.1) is 23.7 Å². The van der Waals surface area contributed by atoms with Gasteiger partial charge in [0.15, 0.2) is 0 Å². The Bertz CT molecular complexity index is 219. The summed E-state index contributed by atoms with van der Waals surface area (Å²) < 4.78 is 0. The summed E-state index contributed by atoms with van der Waals surface area (Å²) in [6.07, 6.45) is 7.32. The molecule has 80 valence electrons. The van der Waals surface area contributed by atoms with Gasteiger partial charge in [-0.2, -0.15) is 0 Å². The van der Waals surface area contributed by atoms with Crippen LogP contribution >= 0.6 is 0 Å². The Morgan fingerprint density at radius 1 is 1.29 bits per heavy atom. The first-order valence-electron chi connectivity index (χ1n) is 6.17. The van der Waals surface area contributed by atoms with Gasteiger partial charge in [-0.1, -0.05) is 20.3 Å². The zero-order valence-electron chi connectivity index (χ0n) is 9.46. The van der Waals surface area contributed by atoms with Gasteiger partial charge in [-0.05, 0) is 42.9 Å². The van der Waals surface area contributed by atoms with Gasteiger partial charge < -0.3 is 0 Å². The highest BCUT2D eigenvalue weighted by Gasteiger charge is 2.39. The van der Waals surface area contributed by atoms with Crippen molar-refractivity contribution in [2.45, 2.75) is 52.4 Å². The van der Waals surface area contributed by atoms with Crippen LogP contribution in [0.15, 0.2) is 0 Å². The fourth-order valence-corrected chi connectivity index (χ4v) is 3.46. The molecular weight excluding hydrogens is 172 g/mol. The number of hydrogen-bond donors (Lipinski definition) is 0. The largest absolute Gasteiger partial charge is 0.300 e. The number of fused-ring (bicyclic) bond motifs is 2. The van der Waals surface area contributed by atoms with Crippen LogP contribution in [0.5, 0.6) is 0 Å². The third kappa shape index (κ3) is 2.18. The SMILES string of the molecule is CC(C)CC(=O)CC1CC2CCC1C2. The highest BCUT2D eigenvalue weighted by Crippen LogP contribution is 2.49. The molecule has 0 N–H and O–H groups in total. The summed E-state index contributed by atoms with van der Waals surface area (Å²) in [4.78, 5) is 11.7. The van der Waals surface area contributed by atoms with E-state index in [0.29, 0.717) is 11.7 Å². The van der Waals surface area contributed by atoms with Crippen LogP contribution in [0.1, 0.15) is 52.4 Å². The van der Waals surface area contributed by atoms with E-state index in [2.05, 4.69) is 13.8 Å². The molecule has 3 atom stereocenters. The standard InChI is InChI=1S/C13H22O/c1-9(2)5-13(14)8-12-7-10-3-4-11(12)6-10/h9-12H,3-8H2,1-2H3. The van der Waals surface area contributed by atoms with Gasteiger partial charge in [-0.3, -0.25) is 4.79 Å². The molecule has 0 spiro atoms. The van der Waals surface area contributed by atoms with Crippen LogP contribution in [-0.4, -0.2) is 5.78 Å². The van der Waals surface area contributed by atoms with Crippen LogP contribution in [0.2, 0.25) is 0 Å². The Balaban J connectivity index is 1.78. The average Bonchev–Trinajstić information content (AvgIpc) is 2.62. The summed E-state index contributed by atoms with van der Waals surface area (Å²) in [5.74, 6) is 3.71. The van der Waals surface area contributed by atoms with Crippen molar-refractivity contribution in [1.82, 2.24) is 0 Å². The van der Waals surface area contributed by atoms with Crippen LogP contribution in [0.25, 0.3) is 0 Å². The highest BCUT2D eigenvalue weighted by atomic mass is 16.1. The van der Waals surface area contributed by atoms with Gasteiger partial charge in [0.05, 0.1) is 0 Å². The van der Waals surface area contributed by atoms with Crippen molar-refractivity contribution in [3.8, 4) is 0 Å². The molecule has 2 fully saturated rings. The van der Waals surface area contributed by atoms with Crippen LogP contribution in [0.3, 0.4) is 0 Å². The van der Waals surface area contributed by atoms with Crippen molar-refractivity contribution in [2.24, 2.45) is 23.7 Å². The zero-order chi connectivity index (χ0) is 10.1. The minimum absolute atomic E-state index is 0.512. The van der Waals surface area contributed by atoms with Gasteiger partial charge in [0.25, 0.3) is 0 Å². The highest BCUT2D eigenvalue weighted by molar-refractivity contribution is 5.78. The van der Waals surface area contributed by atoms with E-state index < -0.39 is 0 Å². The van der Waals surface area contributed by atoms with Gasteiger partial charge in [0.1, 0.15) is 5.78 Å². The Morgan fingerprint density at radius 3 is 2.57 bits per heavy atom. The van der Waals surface area contributed by atoms with E-state index in [4.69, 9.17) is 0 Å². The molecule has 14 heavy (non-hydrogen) atoms. The average molecular weight is 194 g/mol. The Labute approximate surface area is 87.3 Å². The molecule has 0 radical (unpaired) electrons. The summed E-state index contributed by atoms with van der Waals surface area (Å²) in [6, 6.07) is 0. The van der Waals surface area contributed by atoms with Gasteiger partial charge in [-0.25, -0.2) is 0 Å². The smallest absolute Gasteiger partial charge is 0.133 e. The molecule has 2 saturated carbocycles. The normalized spacial score (nSPS) is 35.5. The van der Waals surface area contributed by atoms with Crippen molar-refractivity contribution < 1.29 is 4.79 Å². The van der Waals surface area contributed by atoms with Crippen LogP contribution in [-0.2, 0) is 4.79 Å². The molecule has 0 aromatic heterocycles. The number of Topliss-reactive ketones (excluding diaryl/α,β-unsaturated/α-hetero) is 1. The molecule has 0 aliphatic heterocycles. The molecule has 2 bridgehead atoms. The minimum Gasteiger partial charge on any atom is -0.300 e. The van der Waals surface area contributed by atoms with Gasteiger partial charge in [-0.15, -0.1) is 0 Å². The summed E-state index contributed by atoms with van der Waals surface area (Å²) in [6.45, 7) is 4.28. The topological polar surface area (TPSA) is 17.1 Å². The molecule has 0 heterocycles. The van der Waals surface area contributed by atoms with E-state index in [-0.39, 0.29) is 0 Å². The molecule has 1 nitrogen and oxygen atoms in total. The second-order valence-electron chi connectivity index (χ2n) is 5.78. The Kier molecular flexibility index (Phi) is 2.94. The third-order valence-corrected chi connectivity index (χ3v) is 4.01. The van der Waals surface area contributed by atoms with E-state index >= 15 is 0 Å². The van der Waals surface area contributed by atoms with E-state index in [1.54, 1.807) is 0 Å². The van der Waals surface area contributed by atoms with Gasteiger partial charge in [0, 0.05) is 12.8 Å². The van der Waals surface area contributed by atoms with Crippen LogP contribution < -0.4 is 0 Å². The van der Waals surface area contributed by atoms with Crippen molar-refractivity contribution in [3.63, 3.8) is 0 Å². The fraction of sp³-hybridized carbons (Fsp3) is 0.923. The van der Waals surface area contributed by atoms with E-state index in [1.807, 2.05) is 0 Å². The lowest BCUT2D eigenvalue weighted by molar-refractivity contribution is -0.121. The maximum absolute atomic E-state index is 11.7. The lowest BCUT2D eigenvalue weighted by Gasteiger charge is -2.20. The maximum Gasteiger partial charge on any atom is 0.133 e. The molecule has 1 heteroatoms. The quantitative estimate of drug-likeness (QED) is 0.670. The minimum atomic E-state index is 0.512. The summed E-state index contributed by atoms with van der Waals surface area (Å²) >= 11 is 0. The number of carbonyl (C=O) groups excluding carboxylic acids is 1. The van der Waals surface area contributed by atoms with Crippen molar-refractivity contribution >= 4 is 5.78 Å². The molecule has 0 saturated heterocycles. The van der Waals surface area contributed by atoms with E-state index in [9.17, 15) is 4.79 Å². The molecule has 0 aromatic rings. The second-order valence-corrected chi connectivity index (χ2v) is 5.78. The number of carbonyl (C=O) groups is 1. The number of rotatable bonds is 4. The lowest BCUT2D eigenvalue weighted by Crippen LogP contribution is -2.16. The van der Waals surface area contributed by atoms with E-state index in [0.717, 1.165) is 30.6 Å². The molecule has 0 amide bonds. The van der Waals surface area contributed by atoms with Crippen LogP contribution in [0.4, 0.5) is 0 Å². The molecule has 2 aliphatic rings. The number of ketones is 1. The molecule has 2 aliphatic carbocycles. The first-order chi connectivity index (χ1) is 6.65. The Morgan fingerprint density at radius 2 is 2.07 bits per heavy atom. The number of hydrogen-bond acceptors (Lipinski definition) is 1. The molecule has 3 unspecified atom stereocenters. The first kappa shape index (κ1) is 10.2. The molecule has 0 aromatic carbocycles. The second kappa shape index (κ2) is 4.04. The fourth-order valence-electron chi connectivity index (χ4n) is 3.46. The van der Waals surface area contributed by atoms with Crippen molar-refractivity contribution in [2.75, 3.05) is 0 Å². The summed E-state index contributed by atoms with van der Waals surface area (Å²) in [5.41, 5.74) is 0. The predicted molar refractivity (Wildman–Crippen MR) is 58.0 cm³/mol.